The van der Waals surface area contributed by atoms with Gasteiger partial charge >= 0.3 is 0 Å². The Balaban J connectivity index is 2.04. The van der Waals surface area contributed by atoms with Crippen LogP contribution in [0.1, 0.15) is 25.3 Å². The third-order valence-electron chi connectivity index (χ3n) is 4.33. The fourth-order valence-electron chi connectivity index (χ4n) is 2.67. The van der Waals surface area contributed by atoms with Gasteiger partial charge in [0, 0.05) is 24.3 Å². The molecule has 0 radical (unpaired) electrons. The molecule has 0 saturated heterocycles. The van der Waals surface area contributed by atoms with E-state index in [1.54, 1.807) is 19.1 Å². The highest BCUT2D eigenvalue weighted by Crippen LogP contribution is 2.38. The topological polar surface area (TPSA) is 50.8 Å². The Morgan fingerprint density at radius 2 is 2.14 bits per heavy atom. The highest BCUT2D eigenvalue weighted by atomic mass is 19.1. The van der Waals surface area contributed by atoms with Crippen molar-refractivity contribution >= 4 is 11.7 Å². The minimum absolute atomic E-state index is 0.105. The van der Waals surface area contributed by atoms with Crippen LogP contribution in [0.25, 0.3) is 0 Å². The van der Waals surface area contributed by atoms with Crippen molar-refractivity contribution in [2.75, 3.05) is 18.6 Å². The van der Waals surface area contributed by atoms with Crippen LogP contribution in [-0.4, -0.2) is 31.9 Å². The van der Waals surface area contributed by atoms with E-state index in [9.17, 15) is 8.78 Å². The van der Waals surface area contributed by atoms with Crippen LogP contribution in [0, 0.1) is 5.82 Å². The molecule has 3 rings (SSSR count). The van der Waals surface area contributed by atoms with Crippen LogP contribution in [0.2, 0.25) is 0 Å². The van der Waals surface area contributed by atoms with E-state index in [1.807, 2.05) is 7.05 Å². The SMILES string of the molecule is CN(c1ccc(F)c([C@@]2(C)N=C(N)OC[C@@H]2F)c1)C1CC1. The standard InChI is InChI=1S/C15H19F2N3O/c1-15(13(17)8-21-14(18)19-15)11-7-10(5-6-12(11)16)20(2)9-3-4-9/h5-7,9,13H,3-4,8H2,1-2H3,(H2,18,19)/t13-,15+/m0/s1. The molecular formula is C15H19F2N3O. The first-order valence-electron chi connectivity index (χ1n) is 7.07. The van der Waals surface area contributed by atoms with Crippen molar-refractivity contribution in [3.8, 4) is 0 Å². The molecule has 0 unspecified atom stereocenters. The van der Waals surface area contributed by atoms with Gasteiger partial charge in [-0.3, -0.25) is 0 Å². The third kappa shape index (κ3) is 2.43. The van der Waals surface area contributed by atoms with Gasteiger partial charge in [-0.05, 0) is 38.0 Å². The van der Waals surface area contributed by atoms with Crippen LogP contribution < -0.4 is 10.6 Å². The van der Waals surface area contributed by atoms with Crippen molar-refractivity contribution in [3.63, 3.8) is 0 Å². The lowest BCUT2D eigenvalue weighted by Crippen LogP contribution is -2.43. The van der Waals surface area contributed by atoms with Crippen LogP contribution in [0.15, 0.2) is 23.2 Å². The largest absolute Gasteiger partial charge is 0.462 e. The highest BCUT2D eigenvalue weighted by Gasteiger charge is 2.42. The number of nitrogens with zero attached hydrogens (tertiary/aromatic N) is 2. The maximum absolute atomic E-state index is 14.3. The number of aliphatic imine (C=N–C) groups is 1. The number of ether oxygens (including phenoxy) is 1. The van der Waals surface area contributed by atoms with Gasteiger partial charge in [0.05, 0.1) is 0 Å². The summed E-state index contributed by atoms with van der Waals surface area (Å²) in [5, 5.41) is 0. The average molecular weight is 295 g/mol. The Morgan fingerprint density at radius 1 is 1.43 bits per heavy atom. The summed E-state index contributed by atoms with van der Waals surface area (Å²) in [6.07, 6.45) is 0.817. The van der Waals surface area contributed by atoms with Gasteiger partial charge in [-0.25, -0.2) is 13.8 Å². The molecule has 4 nitrogen and oxygen atoms in total. The van der Waals surface area contributed by atoms with E-state index < -0.39 is 17.5 Å². The van der Waals surface area contributed by atoms with Crippen molar-refractivity contribution in [2.45, 2.75) is 37.5 Å². The van der Waals surface area contributed by atoms with E-state index in [0.717, 1.165) is 18.5 Å². The second-order valence-electron chi connectivity index (χ2n) is 5.88. The number of hydrogen-bond acceptors (Lipinski definition) is 4. The van der Waals surface area contributed by atoms with Crippen LogP contribution in [0.5, 0.6) is 0 Å². The lowest BCUT2D eigenvalue weighted by atomic mass is 9.86. The lowest BCUT2D eigenvalue weighted by molar-refractivity contribution is 0.0923. The summed E-state index contributed by atoms with van der Waals surface area (Å²) < 4.78 is 33.4. The van der Waals surface area contributed by atoms with Crippen molar-refractivity contribution in [1.82, 2.24) is 0 Å². The molecule has 1 fully saturated rings. The number of hydrogen-bond donors (Lipinski definition) is 1. The van der Waals surface area contributed by atoms with Crippen LogP contribution in [-0.2, 0) is 10.3 Å². The quantitative estimate of drug-likeness (QED) is 0.931. The number of alkyl halides is 1. The number of benzene rings is 1. The van der Waals surface area contributed by atoms with Gasteiger partial charge < -0.3 is 15.4 Å². The maximum atomic E-state index is 14.3. The van der Waals surface area contributed by atoms with Crippen LogP contribution in [0.3, 0.4) is 0 Å². The number of amidine groups is 1. The molecule has 2 aliphatic rings. The molecule has 0 aromatic heterocycles. The Hall–Kier alpha value is -1.85. The monoisotopic (exact) mass is 295 g/mol. The molecule has 0 bridgehead atoms. The second kappa shape index (κ2) is 4.86. The molecular weight excluding hydrogens is 276 g/mol. The molecule has 114 valence electrons. The van der Waals surface area contributed by atoms with Gasteiger partial charge in [0.25, 0.3) is 6.02 Å². The Labute approximate surface area is 122 Å². The van der Waals surface area contributed by atoms with E-state index in [0.29, 0.717) is 6.04 Å². The first-order chi connectivity index (χ1) is 9.91. The number of nitrogens with two attached hydrogens (primary N) is 1. The maximum Gasteiger partial charge on any atom is 0.283 e. The van der Waals surface area contributed by atoms with Crippen molar-refractivity contribution < 1.29 is 13.5 Å². The molecule has 1 aliphatic carbocycles. The highest BCUT2D eigenvalue weighted by molar-refractivity contribution is 5.73. The smallest absolute Gasteiger partial charge is 0.283 e. The summed E-state index contributed by atoms with van der Waals surface area (Å²) in [5.74, 6) is -0.480. The minimum atomic E-state index is -1.44. The summed E-state index contributed by atoms with van der Waals surface area (Å²) in [4.78, 5) is 6.12. The van der Waals surface area contributed by atoms with Gasteiger partial charge in [-0.15, -0.1) is 0 Å². The van der Waals surface area contributed by atoms with E-state index in [2.05, 4.69) is 9.89 Å². The van der Waals surface area contributed by atoms with Crippen LogP contribution >= 0.6 is 0 Å². The molecule has 0 amide bonds. The summed E-state index contributed by atoms with van der Waals surface area (Å²) in [6.45, 7) is 1.33. The predicted octanol–water partition coefficient (Wildman–Crippen LogP) is 2.32. The molecule has 0 spiro atoms. The van der Waals surface area contributed by atoms with Crippen LogP contribution in [0.4, 0.5) is 14.5 Å². The zero-order chi connectivity index (χ0) is 15.2. The molecule has 21 heavy (non-hydrogen) atoms. The summed E-state index contributed by atoms with van der Waals surface area (Å²) >= 11 is 0. The Bertz CT molecular complexity index is 588. The molecule has 1 aliphatic heterocycles. The second-order valence-corrected chi connectivity index (χ2v) is 5.88. The summed E-state index contributed by atoms with van der Waals surface area (Å²) in [5.41, 5.74) is 5.27. The average Bonchev–Trinajstić information content (AvgIpc) is 3.27. The Morgan fingerprint density at radius 3 is 2.81 bits per heavy atom. The normalized spacial score (nSPS) is 28.8. The van der Waals surface area contributed by atoms with Crippen molar-refractivity contribution in [3.05, 3.63) is 29.6 Å². The minimum Gasteiger partial charge on any atom is -0.462 e. The van der Waals surface area contributed by atoms with Gasteiger partial charge in [0.15, 0.2) is 6.17 Å². The van der Waals surface area contributed by atoms with Crippen molar-refractivity contribution in [1.29, 1.82) is 0 Å². The predicted molar refractivity (Wildman–Crippen MR) is 77.6 cm³/mol. The molecule has 1 aromatic rings. The van der Waals surface area contributed by atoms with E-state index in [-0.39, 0.29) is 18.2 Å². The molecule has 1 heterocycles. The number of halogens is 2. The van der Waals surface area contributed by atoms with Gasteiger partial charge in [0.2, 0.25) is 0 Å². The zero-order valence-corrected chi connectivity index (χ0v) is 12.1. The number of rotatable bonds is 3. The first kappa shape index (κ1) is 14.1. The molecule has 6 heteroatoms. The first-order valence-corrected chi connectivity index (χ1v) is 7.07. The lowest BCUT2D eigenvalue weighted by Gasteiger charge is -2.34. The molecule has 2 N–H and O–H groups in total. The fraction of sp³-hybridized carbons (Fsp3) is 0.533. The van der Waals surface area contributed by atoms with Gasteiger partial charge in [-0.1, -0.05) is 0 Å². The Kier molecular flexibility index (Phi) is 3.26. The fourth-order valence-corrected chi connectivity index (χ4v) is 2.67. The van der Waals surface area contributed by atoms with Gasteiger partial charge in [0.1, 0.15) is 18.0 Å². The molecule has 1 saturated carbocycles. The third-order valence-corrected chi connectivity index (χ3v) is 4.33. The zero-order valence-electron chi connectivity index (χ0n) is 12.1. The summed E-state index contributed by atoms with van der Waals surface area (Å²) in [6, 6.07) is 5.12. The van der Waals surface area contributed by atoms with Gasteiger partial charge in [-0.2, -0.15) is 0 Å². The number of anilines is 1. The van der Waals surface area contributed by atoms with E-state index in [1.165, 1.54) is 6.07 Å². The summed E-state index contributed by atoms with van der Waals surface area (Å²) in [7, 11) is 1.96. The van der Waals surface area contributed by atoms with E-state index >= 15 is 0 Å². The molecule has 1 aromatic carbocycles. The molecule has 2 atom stereocenters. The van der Waals surface area contributed by atoms with Crippen molar-refractivity contribution in [2.24, 2.45) is 10.7 Å². The van der Waals surface area contributed by atoms with E-state index in [4.69, 9.17) is 10.5 Å².